The molecule has 0 heterocycles. The van der Waals surface area contributed by atoms with Gasteiger partial charge in [-0.2, -0.15) is 0 Å². The van der Waals surface area contributed by atoms with Crippen LogP contribution in [0.4, 0.5) is 16.2 Å². The summed E-state index contributed by atoms with van der Waals surface area (Å²) >= 11 is 0. The van der Waals surface area contributed by atoms with Crippen LogP contribution >= 0.6 is 0 Å². The summed E-state index contributed by atoms with van der Waals surface area (Å²) in [5, 5.41) is 2.85. The molecule has 0 fully saturated rings. The first-order valence-corrected chi connectivity index (χ1v) is 8.47. The Balaban J connectivity index is 1.67. The molecule has 0 aromatic heterocycles. The highest BCUT2D eigenvalue weighted by molar-refractivity contribution is 6.04. The number of rotatable bonds is 4. The zero-order chi connectivity index (χ0) is 19.2. The van der Waals surface area contributed by atoms with Crippen molar-refractivity contribution in [1.29, 1.82) is 0 Å². The van der Waals surface area contributed by atoms with E-state index in [-0.39, 0.29) is 5.91 Å². The lowest BCUT2D eigenvalue weighted by atomic mass is 10.0. The van der Waals surface area contributed by atoms with Crippen LogP contribution in [0.15, 0.2) is 78.9 Å². The van der Waals surface area contributed by atoms with Crippen LogP contribution in [0.25, 0.3) is 11.1 Å². The van der Waals surface area contributed by atoms with Crippen molar-refractivity contribution in [2.24, 2.45) is 0 Å². The van der Waals surface area contributed by atoms with Crippen LogP contribution in [0.1, 0.15) is 10.4 Å². The number of carbonyl (C=O) groups excluding carboxylic acids is 2. The molecule has 3 aromatic rings. The summed E-state index contributed by atoms with van der Waals surface area (Å²) in [5.74, 6) is -0.191. The highest BCUT2D eigenvalue weighted by atomic mass is 16.5. The summed E-state index contributed by atoms with van der Waals surface area (Å²) < 4.78 is 4.68. The highest BCUT2D eigenvalue weighted by Gasteiger charge is 2.11. The third kappa shape index (κ3) is 4.33. The predicted octanol–water partition coefficient (Wildman–Crippen LogP) is 4.81. The quantitative estimate of drug-likeness (QED) is 0.726. The number of nitrogens with one attached hydrogen (secondary N) is 1. The van der Waals surface area contributed by atoms with Gasteiger partial charge in [-0.25, -0.2) is 4.79 Å². The predicted molar refractivity (Wildman–Crippen MR) is 107 cm³/mol. The number of carbonyl (C=O) groups is 2. The van der Waals surface area contributed by atoms with E-state index in [9.17, 15) is 9.59 Å². The van der Waals surface area contributed by atoms with E-state index in [0.717, 1.165) is 11.1 Å². The summed E-state index contributed by atoms with van der Waals surface area (Å²) in [7, 11) is 2.95. The van der Waals surface area contributed by atoms with Gasteiger partial charge in [0.05, 0.1) is 7.11 Å². The van der Waals surface area contributed by atoms with Gasteiger partial charge in [0, 0.05) is 24.0 Å². The lowest BCUT2D eigenvalue weighted by Gasteiger charge is -2.16. The molecule has 0 saturated carbocycles. The molecular weight excluding hydrogens is 340 g/mol. The second kappa shape index (κ2) is 8.19. The molecule has 0 aliphatic carbocycles. The number of ether oxygens (including phenoxy) is 1. The first kappa shape index (κ1) is 18.2. The minimum absolute atomic E-state index is 0.191. The molecule has 27 heavy (non-hydrogen) atoms. The molecule has 0 aliphatic rings. The Bertz CT molecular complexity index is 920. The molecule has 0 radical (unpaired) electrons. The minimum Gasteiger partial charge on any atom is -0.452 e. The van der Waals surface area contributed by atoms with E-state index in [4.69, 9.17) is 0 Å². The summed E-state index contributed by atoms with van der Waals surface area (Å²) in [6.07, 6.45) is -0.453. The van der Waals surface area contributed by atoms with Crippen molar-refractivity contribution in [3.05, 3.63) is 84.4 Å². The number of amides is 2. The van der Waals surface area contributed by atoms with Gasteiger partial charge in [0.25, 0.3) is 5.91 Å². The van der Waals surface area contributed by atoms with Gasteiger partial charge in [0.15, 0.2) is 0 Å². The molecule has 0 unspecified atom stereocenters. The second-order valence-electron chi connectivity index (χ2n) is 5.97. The van der Waals surface area contributed by atoms with Crippen molar-refractivity contribution in [3.8, 4) is 11.1 Å². The monoisotopic (exact) mass is 360 g/mol. The van der Waals surface area contributed by atoms with Crippen LogP contribution < -0.4 is 10.2 Å². The molecule has 0 saturated heterocycles. The standard InChI is InChI=1S/C22H20N2O3/c1-24(22(26)27-2)20-14-12-19(13-15-20)23-21(25)18-10-8-17(9-11-18)16-6-4-3-5-7-16/h3-15H,1-2H3,(H,23,25). The number of hydrogen-bond acceptors (Lipinski definition) is 3. The van der Waals surface area contributed by atoms with Gasteiger partial charge in [-0.3, -0.25) is 9.69 Å². The highest BCUT2D eigenvalue weighted by Crippen LogP contribution is 2.21. The summed E-state index contributed by atoms with van der Waals surface area (Å²) in [6, 6.07) is 24.4. The van der Waals surface area contributed by atoms with E-state index >= 15 is 0 Å². The van der Waals surface area contributed by atoms with Crippen LogP contribution in [-0.2, 0) is 4.74 Å². The number of nitrogens with zero attached hydrogens (tertiary/aromatic N) is 1. The fraction of sp³-hybridized carbons (Fsp3) is 0.0909. The molecule has 0 bridgehead atoms. The topological polar surface area (TPSA) is 58.6 Å². The van der Waals surface area contributed by atoms with Crippen LogP contribution in [0.5, 0.6) is 0 Å². The lowest BCUT2D eigenvalue weighted by Crippen LogP contribution is -2.25. The maximum atomic E-state index is 12.4. The maximum absolute atomic E-state index is 12.4. The second-order valence-corrected chi connectivity index (χ2v) is 5.97. The summed E-state index contributed by atoms with van der Waals surface area (Å²) in [4.78, 5) is 25.3. The van der Waals surface area contributed by atoms with Crippen molar-refractivity contribution in [2.75, 3.05) is 24.4 Å². The lowest BCUT2D eigenvalue weighted by molar-refractivity contribution is 0.102. The average molecular weight is 360 g/mol. The smallest absolute Gasteiger partial charge is 0.413 e. The van der Waals surface area contributed by atoms with Crippen molar-refractivity contribution >= 4 is 23.4 Å². The van der Waals surface area contributed by atoms with Gasteiger partial charge in [-0.1, -0.05) is 42.5 Å². The molecule has 0 atom stereocenters. The number of anilines is 2. The van der Waals surface area contributed by atoms with Gasteiger partial charge in [-0.05, 0) is 47.5 Å². The first-order valence-electron chi connectivity index (χ1n) is 8.47. The Morgan fingerprint density at radius 1 is 0.815 bits per heavy atom. The average Bonchev–Trinajstić information content (AvgIpc) is 2.74. The van der Waals surface area contributed by atoms with E-state index in [0.29, 0.717) is 16.9 Å². The van der Waals surface area contributed by atoms with Crippen molar-refractivity contribution in [1.82, 2.24) is 0 Å². The molecule has 2 amide bonds. The zero-order valence-electron chi connectivity index (χ0n) is 15.2. The van der Waals surface area contributed by atoms with Crippen molar-refractivity contribution in [2.45, 2.75) is 0 Å². The van der Waals surface area contributed by atoms with E-state index < -0.39 is 6.09 Å². The first-order chi connectivity index (χ1) is 13.1. The van der Waals surface area contributed by atoms with Crippen molar-refractivity contribution < 1.29 is 14.3 Å². The van der Waals surface area contributed by atoms with Gasteiger partial charge in [0.1, 0.15) is 0 Å². The van der Waals surface area contributed by atoms with E-state index in [1.165, 1.54) is 12.0 Å². The van der Waals surface area contributed by atoms with Gasteiger partial charge < -0.3 is 10.1 Å². The van der Waals surface area contributed by atoms with Crippen LogP contribution in [-0.4, -0.2) is 26.2 Å². The van der Waals surface area contributed by atoms with Gasteiger partial charge >= 0.3 is 6.09 Å². The zero-order valence-corrected chi connectivity index (χ0v) is 15.2. The summed E-state index contributed by atoms with van der Waals surface area (Å²) in [5.41, 5.74) is 4.06. The fourth-order valence-electron chi connectivity index (χ4n) is 2.66. The third-order valence-corrected chi connectivity index (χ3v) is 4.22. The molecule has 1 N–H and O–H groups in total. The van der Waals surface area contributed by atoms with Crippen molar-refractivity contribution in [3.63, 3.8) is 0 Å². The molecule has 0 aliphatic heterocycles. The largest absolute Gasteiger partial charge is 0.452 e. The Kier molecular flexibility index (Phi) is 5.52. The molecule has 3 aromatic carbocycles. The molecule has 3 rings (SSSR count). The normalized spacial score (nSPS) is 10.1. The Hall–Kier alpha value is -3.60. The molecular formula is C22H20N2O3. The molecule has 0 spiro atoms. The Morgan fingerprint density at radius 3 is 2.00 bits per heavy atom. The van der Waals surface area contributed by atoms with E-state index in [2.05, 4.69) is 10.1 Å². The number of hydrogen-bond donors (Lipinski definition) is 1. The molecule has 136 valence electrons. The van der Waals surface area contributed by atoms with Crippen LogP contribution in [0, 0.1) is 0 Å². The Morgan fingerprint density at radius 2 is 1.41 bits per heavy atom. The Labute approximate surface area is 158 Å². The summed E-state index contributed by atoms with van der Waals surface area (Å²) in [6.45, 7) is 0. The number of benzene rings is 3. The maximum Gasteiger partial charge on any atom is 0.413 e. The minimum atomic E-state index is -0.453. The van der Waals surface area contributed by atoms with E-state index in [1.807, 2.05) is 42.5 Å². The number of methoxy groups -OCH3 is 1. The van der Waals surface area contributed by atoms with Gasteiger partial charge in [-0.15, -0.1) is 0 Å². The van der Waals surface area contributed by atoms with Crippen LogP contribution in [0.3, 0.4) is 0 Å². The van der Waals surface area contributed by atoms with Crippen LogP contribution in [0.2, 0.25) is 0 Å². The molecule has 5 nitrogen and oxygen atoms in total. The fourth-order valence-corrected chi connectivity index (χ4v) is 2.66. The van der Waals surface area contributed by atoms with Gasteiger partial charge in [0.2, 0.25) is 0 Å². The third-order valence-electron chi connectivity index (χ3n) is 4.22. The SMILES string of the molecule is COC(=O)N(C)c1ccc(NC(=O)c2ccc(-c3ccccc3)cc2)cc1. The van der Waals surface area contributed by atoms with E-state index in [1.54, 1.807) is 43.4 Å². The molecule has 5 heteroatoms.